The summed E-state index contributed by atoms with van der Waals surface area (Å²) in [6, 6.07) is 0. The average Bonchev–Trinajstić information content (AvgIpc) is 2.48. The van der Waals surface area contributed by atoms with Crippen molar-refractivity contribution in [2.75, 3.05) is 0 Å². The van der Waals surface area contributed by atoms with Gasteiger partial charge < -0.3 is 19.3 Å². The molecule has 1 rings (SSSR count). The third-order valence-corrected chi connectivity index (χ3v) is 0.635. The Kier molecular flexibility index (Phi) is 42.3. The van der Waals surface area contributed by atoms with E-state index in [-0.39, 0.29) is 26.0 Å². The van der Waals surface area contributed by atoms with Gasteiger partial charge in [-0.3, -0.25) is 0 Å². The van der Waals surface area contributed by atoms with Gasteiger partial charge in [0.05, 0.1) is 0 Å². The summed E-state index contributed by atoms with van der Waals surface area (Å²) in [5, 5.41) is 0. The minimum atomic E-state index is 0. The van der Waals surface area contributed by atoms with Gasteiger partial charge in [-0.15, -0.1) is 0 Å². The maximum absolute atomic E-state index is 3.86. The van der Waals surface area contributed by atoms with Gasteiger partial charge in [-0.2, -0.15) is 6.92 Å². The molecule has 0 atom stereocenters. The smallest absolute Gasteiger partial charge is 0.358 e. The average molecular weight is 207 g/mol. The Morgan fingerprint density at radius 1 is 1.33 bits per heavy atom. The first-order valence-electron chi connectivity index (χ1n) is 3.56. The number of imidazole rings is 1. The summed E-state index contributed by atoms with van der Waals surface area (Å²) in [6.07, 6.45) is 3.53. The van der Waals surface area contributed by atoms with Crippen LogP contribution in [0.5, 0.6) is 0 Å². The van der Waals surface area contributed by atoms with Gasteiger partial charge in [0.25, 0.3) is 0 Å². The third-order valence-electron chi connectivity index (χ3n) is 0.635. The molecule has 0 fully saturated rings. The fourth-order valence-electron chi connectivity index (χ4n) is 0.344. The molecule has 71 valence electrons. The first-order valence-corrected chi connectivity index (χ1v) is 3.56. The van der Waals surface area contributed by atoms with E-state index in [1.165, 1.54) is 0 Å². The van der Waals surface area contributed by atoms with Crippen LogP contribution in [0.4, 0.5) is 0 Å². The molecule has 0 aromatic carbocycles. The molecule has 0 spiro atoms. The number of nitrogens with one attached hydrogen (secondary N) is 1. The Balaban J connectivity index is -0.0000000480. The van der Waals surface area contributed by atoms with Crippen LogP contribution < -0.4 is 0 Å². The van der Waals surface area contributed by atoms with Crippen molar-refractivity contribution in [3.8, 4) is 0 Å². The minimum Gasteiger partial charge on any atom is -0.358 e. The van der Waals surface area contributed by atoms with Crippen molar-refractivity contribution in [3.63, 3.8) is 0 Å². The van der Waals surface area contributed by atoms with Crippen molar-refractivity contribution in [3.05, 3.63) is 32.6 Å². The van der Waals surface area contributed by atoms with Crippen LogP contribution in [0.2, 0.25) is 0 Å². The Hall–Kier alpha value is -0.206. The SMILES string of the molecule is CC.Cc1ncc[nH]1.[CH2-]C.[CH3-].[V+2]. The van der Waals surface area contributed by atoms with E-state index in [1.807, 2.05) is 20.8 Å². The largest absolute Gasteiger partial charge is 2.00 e. The van der Waals surface area contributed by atoms with E-state index in [0.29, 0.717) is 0 Å². The summed E-state index contributed by atoms with van der Waals surface area (Å²) in [5.74, 6) is 0.968. The van der Waals surface area contributed by atoms with Crippen molar-refractivity contribution in [1.29, 1.82) is 0 Å². The number of aryl methyl sites for hydroxylation is 1. The molecule has 1 radical (unpaired) electrons. The molecule has 0 saturated carbocycles. The van der Waals surface area contributed by atoms with Crippen LogP contribution in [0.3, 0.4) is 0 Å². The monoisotopic (exact) mass is 207 g/mol. The number of nitrogens with zero attached hydrogens (tertiary/aromatic N) is 1. The first-order chi connectivity index (χ1) is 4.89. The number of hydrogen-bond donors (Lipinski definition) is 1. The molecular weight excluding hydrogens is 187 g/mol. The maximum Gasteiger partial charge on any atom is 2.00 e. The summed E-state index contributed by atoms with van der Waals surface area (Å²) in [4.78, 5) is 6.75. The van der Waals surface area contributed by atoms with Crippen molar-refractivity contribution < 1.29 is 18.6 Å². The predicted molar refractivity (Wildman–Crippen MR) is 52.1 cm³/mol. The normalized spacial score (nSPS) is 5.42. The summed E-state index contributed by atoms with van der Waals surface area (Å²) >= 11 is 0. The van der Waals surface area contributed by atoms with Gasteiger partial charge in [0.2, 0.25) is 0 Å². The number of rotatable bonds is 0. The molecule has 0 aliphatic carbocycles. The van der Waals surface area contributed by atoms with Gasteiger partial charge in [0, 0.05) is 12.4 Å². The molecule has 1 heterocycles. The van der Waals surface area contributed by atoms with E-state index in [0.717, 1.165) is 5.82 Å². The molecule has 12 heavy (non-hydrogen) atoms. The van der Waals surface area contributed by atoms with Crippen molar-refractivity contribution in [2.45, 2.75) is 27.7 Å². The summed E-state index contributed by atoms with van der Waals surface area (Å²) in [5.41, 5.74) is 0. The van der Waals surface area contributed by atoms with E-state index in [9.17, 15) is 0 Å². The fraction of sp³-hybridized carbons (Fsp3) is 0.444. The molecule has 3 heteroatoms. The second-order valence-corrected chi connectivity index (χ2v) is 1.17. The van der Waals surface area contributed by atoms with Crippen molar-refractivity contribution >= 4 is 0 Å². The molecule has 0 unspecified atom stereocenters. The number of aromatic amines is 1. The molecule has 2 nitrogen and oxygen atoms in total. The van der Waals surface area contributed by atoms with Gasteiger partial charge in [-0.25, -0.2) is 4.98 Å². The van der Waals surface area contributed by atoms with E-state index in [1.54, 1.807) is 19.3 Å². The topological polar surface area (TPSA) is 28.7 Å². The molecule has 0 aliphatic rings. The predicted octanol–water partition coefficient (Wildman–Crippen LogP) is 3.03. The quantitative estimate of drug-likeness (QED) is 0.651. The van der Waals surface area contributed by atoms with Crippen LogP contribution in [0.1, 0.15) is 26.6 Å². The van der Waals surface area contributed by atoms with Gasteiger partial charge in [0.15, 0.2) is 0 Å². The second kappa shape index (κ2) is 22.4. The zero-order chi connectivity index (χ0) is 8.41. The zero-order valence-corrected chi connectivity index (χ0v) is 10.2. The van der Waals surface area contributed by atoms with E-state index in [2.05, 4.69) is 16.9 Å². The first kappa shape index (κ1) is 22.6. The molecule has 1 aromatic heterocycles. The van der Waals surface area contributed by atoms with Crippen LogP contribution in [0.25, 0.3) is 0 Å². The van der Waals surface area contributed by atoms with E-state index in [4.69, 9.17) is 0 Å². The van der Waals surface area contributed by atoms with Gasteiger partial charge >= 0.3 is 18.6 Å². The van der Waals surface area contributed by atoms with Crippen molar-refractivity contribution in [2.24, 2.45) is 0 Å². The fourth-order valence-corrected chi connectivity index (χ4v) is 0.344. The van der Waals surface area contributed by atoms with Crippen molar-refractivity contribution in [1.82, 2.24) is 9.97 Å². The van der Waals surface area contributed by atoms with Gasteiger partial charge in [-0.1, -0.05) is 13.8 Å². The van der Waals surface area contributed by atoms with E-state index < -0.39 is 0 Å². The van der Waals surface area contributed by atoms with Crippen LogP contribution in [0, 0.1) is 21.3 Å². The minimum absolute atomic E-state index is 0. The molecule has 0 bridgehead atoms. The Labute approximate surface area is 89.1 Å². The van der Waals surface area contributed by atoms with Crippen LogP contribution in [-0.4, -0.2) is 9.97 Å². The number of aromatic nitrogens is 2. The van der Waals surface area contributed by atoms with Crippen LogP contribution >= 0.6 is 0 Å². The van der Waals surface area contributed by atoms with Gasteiger partial charge in [0.1, 0.15) is 5.82 Å². The number of hydrogen-bond acceptors (Lipinski definition) is 1. The standard InChI is InChI=1S/C4H6N2.C2H6.C2H5.CH3.V/c1-4-5-2-3-6-4;2*1-2;;/h2-3H,1H3,(H,5,6);1-2H3;1H2,2H3;1H3;/q;;2*-1;+2. The summed E-state index contributed by atoms with van der Waals surface area (Å²) in [7, 11) is 0. The van der Waals surface area contributed by atoms with Crippen LogP contribution in [-0.2, 0) is 18.6 Å². The number of H-pyrrole nitrogens is 1. The van der Waals surface area contributed by atoms with Gasteiger partial charge in [-0.05, 0) is 6.92 Å². The van der Waals surface area contributed by atoms with E-state index >= 15 is 0 Å². The third kappa shape index (κ3) is 16.4. The molecule has 0 saturated heterocycles. The zero-order valence-electron chi connectivity index (χ0n) is 8.76. The summed E-state index contributed by atoms with van der Waals surface area (Å²) < 4.78 is 0. The molecule has 1 aromatic rings. The Morgan fingerprint density at radius 2 is 1.75 bits per heavy atom. The summed E-state index contributed by atoms with van der Waals surface area (Å²) in [6.45, 7) is 10.9. The van der Waals surface area contributed by atoms with Crippen LogP contribution in [0.15, 0.2) is 12.4 Å². The Bertz CT molecular complexity index is 116. The molecular formula is C9H20N2V. The Morgan fingerprint density at radius 3 is 1.83 bits per heavy atom. The molecule has 0 aliphatic heterocycles. The molecule has 0 amide bonds. The second-order valence-electron chi connectivity index (χ2n) is 1.17. The molecule has 1 N–H and O–H groups in total. The maximum atomic E-state index is 3.86.